The molecule has 1 aromatic heterocycles. The number of unbranched alkanes of at least 4 members (excludes halogenated alkanes) is 2. The summed E-state index contributed by atoms with van der Waals surface area (Å²) in [6.07, 6.45) is 4.16. The van der Waals surface area contributed by atoms with E-state index in [-0.39, 0.29) is 23.8 Å². The number of anilines is 1. The van der Waals surface area contributed by atoms with E-state index >= 15 is 0 Å². The van der Waals surface area contributed by atoms with E-state index in [2.05, 4.69) is 27.2 Å². The quantitative estimate of drug-likeness (QED) is 0.579. The average Bonchev–Trinajstić information content (AvgIpc) is 3.02. The Morgan fingerprint density at radius 3 is 2.62 bits per heavy atom. The highest BCUT2D eigenvalue weighted by Gasteiger charge is 2.14. The average molecular weight is 417 g/mol. The zero-order chi connectivity index (χ0) is 19.0. The van der Waals surface area contributed by atoms with Crippen LogP contribution in [0.2, 0.25) is 5.02 Å². The van der Waals surface area contributed by atoms with Gasteiger partial charge in [-0.15, -0.1) is 10.2 Å². The van der Waals surface area contributed by atoms with Crippen LogP contribution in [0, 0.1) is 0 Å². The molecule has 0 atom stereocenters. The minimum absolute atomic E-state index is 0.00241. The monoisotopic (exact) mass is 416 g/mol. The lowest BCUT2D eigenvalue weighted by atomic mass is 10.2. The molecule has 142 valence electrons. The molecule has 0 saturated carbocycles. The van der Waals surface area contributed by atoms with Crippen molar-refractivity contribution >= 4 is 44.0 Å². The Labute approximate surface area is 162 Å². The summed E-state index contributed by atoms with van der Waals surface area (Å²) in [7, 11) is -3.67. The van der Waals surface area contributed by atoms with Crippen molar-refractivity contribution in [2.75, 3.05) is 11.9 Å². The molecule has 10 heteroatoms. The maximum atomic E-state index is 12.1. The van der Waals surface area contributed by atoms with Gasteiger partial charge in [-0.2, -0.15) is 0 Å². The number of hydrogen-bond acceptors (Lipinski definition) is 6. The summed E-state index contributed by atoms with van der Waals surface area (Å²) >= 11 is 7.09. The Hall–Kier alpha value is -1.55. The maximum absolute atomic E-state index is 12.1. The molecule has 0 bridgehead atoms. The van der Waals surface area contributed by atoms with Gasteiger partial charge in [0, 0.05) is 24.4 Å². The second kappa shape index (κ2) is 9.96. The van der Waals surface area contributed by atoms with E-state index in [0.29, 0.717) is 10.2 Å². The molecule has 1 heterocycles. The van der Waals surface area contributed by atoms with Gasteiger partial charge in [-0.1, -0.05) is 42.7 Å². The van der Waals surface area contributed by atoms with E-state index in [9.17, 15) is 13.2 Å². The number of carbonyl (C=O) groups is 1. The molecule has 1 amide bonds. The first-order chi connectivity index (χ1) is 12.4. The van der Waals surface area contributed by atoms with Gasteiger partial charge < -0.3 is 5.32 Å². The van der Waals surface area contributed by atoms with Gasteiger partial charge in [0.05, 0.1) is 4.90 Å². The first kappa shape index (κ1) is 20.8. The summed E-state index contributed by atoms with van der Waals surface area (Å²) in [5.41, 5.74) is 0. The lowest BCUT2D eigenvalue weighted by molar-refractivity contribution is -0.116. The molecule has 7 nitrogen and oxygen atoms in total. The Kier molecular flexibility index (Phi) is 7.95. The minimum atomic E-state index is -3.67. The van der Waals surface area contributed by atoms with Crippen LogP contribution in [-0.4, -0.2) is 31.1 Å². The normalized spacial score (nSPS) is 11.5. The van der Waals surface area contributed by atoms with Gasteiger partial charge in [0.1, 0.15) is 5.01 Å². The zero-order valence-corrected chi connectivity index (χ0v) is 16.8. The number of hydrogen-bond donors (Lipinski definition) is 2. The van der Waals surface area contributed by atoms with Gasteiger partial charge >= 0.3 is 0 Å². The third kappa shape index (κ3) is 6.64. The first-order valence-electron chi connectivity index (χ1n) is 8.28. The van der Waals surface area contributed by atoms with Crippen LogP contribution in [0.3, 0.4) is 0 Å². The van der Waals surface area contributed by atoms with E-state index in [1.807, 2.05) is 0 Å². The van der Waals surface area contributed by atoms with Crippen LogP contribution in [0.5, 0.6) is 0 Å². The highest BCUT2D eigenvalue weighted by atomic mass is 35.5. The molecule has 0 saturated heterocycles. The van der Waals surface area contributed by atoms with E-state index in [0.717, 1.165) is 30.7 Å². The summed E-state index contributed by atoms with van der Waals surface area (Å²) in [5, 5.41) is 12.4. The molecule has 0 aliphatic rings. The number of rotatable bonds is 10. The molecular weight excluding hydrogens is 396 g/mol. The van der Waals surface area contributed by atoms with E-state index in [4.69, 9.17) is 11.6 Å². The van der Waals surface area contributed by atoms with Crippen LogP contribution in [0.4, 0.5) is 5.13 Å². The highest BCUT2D eigenvalue weighted by Crippen LogP contribution is 2.18. The van der Waals surface area contributed by atoms with Crippen molar-refractivity contribution in [3.63, 3.8) is 0 Å². The van der Waals surface area contributed by atoms with Crippen LogP contribution in [0.1, 0.15) is 37.6 Å². The second-order valence-electron chi connectivity index (χ2n) is 5.61. The maximum Gasteiger partial charge on any atom is 0.240 e. The van der Waals surface area contributed by atoms with Crippen LogP contribution >= 0.6 is 22.9 Å². The van der Waals surface area contributed by atoms with Crippen molar-refractivity contribution in [3.05, 3.63) is 34.3 Å². The Morgan fingerprint density at radius 2 is 1.92 bits per heavy atom. The van der Waals surface area contributed by atoms with E-state index in [1.165, 1.54) is 35.6 Å². The number of aromatic nitrogens is 2. The van der Waals surface area contributed by atoms with E-state index in [1.54, 1.807) is 0 Å². The molecule has 0 radical (unpaired) electrons. The third-order valence-electron chi connectivity index (χ3n) is 3.48. The fourth-order valence-electron chi connectivity index (χ4n) is 2.11. The molecule has 26 heavy (non-hydrogen) atoms. The largest absolute Gasteiger partial charge is 0.300 e. The number of halogens is 1. The van der Waals surface area contributed by atoms with Crippen molar-refractivity contribution in [1.82, 2.24) is 14.9 Å². The van der Waals surface area contributed by atoms with Gasteiger partial charge in [0.2, 0.25) is 21.1 Å². The smallest absolute Gasteiger partial charge is 0.240 e. The first-order valence-corrected chi connectivity index (χ1v) is 11.0. The second-order valence-corrected chi connectivity index (χ2v) is 8.87. The molecule has 2 rings (SSSR count). The van der Waals surface area contributed by atoms with Gasteiger partial charge in [0.15, 0.2) is 0 Å². The summed E-state index contributed by atoms with van der Waals surface area (Å²) in [6.45, 7) is 2.12. The molecule has 0 unspecified atom stereocenters. The fraction of sp³-hybridized carbons (Fsp3) is 0.438. The molecule has 1 aromatic carbocycles. The number of carbonyl (C=O) groups excluding carboxylic acids is 1. The van der Waals surface area contributed by atoms with Crippen LogP contribution < -0.4 is 10.0 Å². The zero-order valence-electron chi connectivity index (χ0n) is 14.4. The number of benzene rings is 1. The molecule has 0 spiro atoms. The molecule has 0 aliphatic carbocycles. The summed E-state index contributed by atoms with van der Waals surface area (Å²) < 4.78 is 26.6. The predicted octanol–water partition coefficient (Wildman–Crippen LogP) is 3.23. The Balaban J connectivity index is 1.77. The molecule has 2 N–H and O–H groups in total. The Bertz CT molecular complexity index is 822. The lowest BCUT2D eigenvalue weighted by Gasteiger charge is -2.06. The van der Waals surface area contributed by atoms with Crippen LogP contribution in [0.15, 0.2) is 29.2 Å². The van der Waals surface area contributed by atoms with Crippen LogP contribution in [0.25, 0.3) is 0 Å². The number of nitrogens with one attached hydrogen (secondary N) is 2. The van der Waals surface area contributed by atoms with Gasteiger partial charge in [0.25, 0.3) is 0 Å². The van der Waals surface area contributed by atoms with Crippen molar-refractivity contribution in [3.8, 4) is 0 Å². The Morgan fingerprint density at radius 1 is 1.19 bits per heavy atom. The van der Waals surface area contributed by atoms with Crippen molar-refractivity contribution in [1.29, 1.82) is 0 Å². The summed E-state index contributed by atoms with van der Waals surface area (Å²) in [6, 6.07) is 5.81. The standard InChI is InChI=1S/C16H21ClN4O3S2/c1-2-3-4-5-15-20-21-16(25-15)19-14(22)10-11-18-26(23,24)13-8-6-12(17)7-9-13/h6-9,18H,2-5,10-11H2,1H3,(H,19,21,22). The third-order valence-corrected chi connectivity index (χ3v) is 6.10. The molecular formula is C16H21ClN4O3S2. The van der Waals surface area contributed by atoms with Gasteiger partial charge in [-0.25, -0.2) is 13.1 Å². The van der Waals surface area contributed by atoms with Gasteiger partial charge in [-0.3, -0.25) is 4.79 Å². The van der Waals surface area contributed by atoms with Crippen molar-refractivity contribution in [2.24, 2.45) is 0 Å². The SMILES string of the molecule is CCCCCc1nnc(NC(=O)CCNS(=O)(=O)c2ccc(Cl)cc2)s1. The van der Waals surface area contributed by atoms with Crippen molar-refractivity contribution in [2.45, 2.75) is 43.9 Å². The molecule has 0 aliphatic heterocycles. The topological polar surface area (TPSA) is 101 Å². The molecule has 2 aromatic rings. The number of nitrogens with zero attached hydrogens (tertiary/aromatic N) is 2. The van der Waals surface area contributed by atoms with E-state index < -0.39 is 10.0 Å². The fourth-order valence-corrected chi connectivity index (χ4v) is 4.06. The summed E-state index contributed by atoms with van der Waals surface area (Å²) in [4.78, 5) is 12.0. The van der Waals surface area contributed by atoms with Crippen LogP contribution in [-0.2, 0) is 21.2 Å². The van der Waals surface area contributed by atoms with Gasteiger partial charge in [-0.05, 0) is 30.7 Å². The number of sulfonamides is 1. The predicted molar refractivity (Wildman–Crippen MR) is 103 cm³/mol. The number of aryl methyl sites for hydroxylation is 1. The highest BCUT2D eigenvalue weighted by molar-refractivity contribution is 7.89. The molecule has 0 fully saturated rings. The minimum Gasteiger partial charge on any atom is -0.300 e. The lowest BCUT2D eigenvalue weighted by Crippen LogP contribution is -2.27. The van der Waals surface area contributed by atoms with Crippen molar-refractivity contribution < 1.29 is 13.2 Å². The summed E-state index contributed by atoms with van der Waals surface area (Å²) in [5.74, 6) is -0.319. The number of amides is 1.